The zero-order valence-corrected chi connectivity index (χ0v) is 11.4. The number of aliphatic imine (C=N–C) groups is 1. The smallest absolute Gasteiger partial charge is 0.363 e. The third-order valence-electron chi connectivity index (χ3n) is 2.86. The van der Waals surface area contributed by atoms with Crippen molar-refractivity contribution in [1.29, 1.82) is 0 Å². The van der Waals surface area contributed by atoms with Gasteiger partial charge in [-0.05, 0) is 31.2 Å². The fraction of sp³-hybridized carbons (Fsp3) is 0.125. The molecule has 1 aliphatic rings. The van der Waals surface area contributed by atoms with Gasteiger partial charge in [0.05, 0.1) is 18.4 Å². The van der Waals surface area contributed by atoms with Gasteiger partial charge in [0.25, 0.3) is 0 Å². The molecule has 2 aromatic rings. The highest BCUT2D eigenvalue weighted by Gasteiger charge is 2.26. The zero-order chi connectivity index (χ0) is 14.7. The van der Waals surface area contributed by atoms with Gasteiger partial charge >= 0.3 is 5.97 Å². The molecule has 0 atom stereocenters. The van der Waals surface area contributed by atoms with Gasteiger partial charge in [-0.15, -0.1) is 0 Å². The molecule has 0 N–H and O–H groups in total. The van der Waals surface area contributed by atoms with E-state index in [0.29, 0.717) is 23.7 Å². The monoisotopic (exact) mass is 283 g/mol. The van der Waals surface area contributed by atoms with Crippen molar-refractivity contribution in [3.8, 4) is 5.75 Å². The van der Waals surface area contributed by atoms with Crippen molar-refractivity contribution in [2.45, 2.75) is 6.92 Å². The number of rotatable bonds is 4. The molecular formula is C16H13NO4. The Morgan fingerprint density at radius 1 is 1.24 bits per heavy atom. The maximum absolute atomic E-state index is 11.9. The van der Waals surface area contributed by atoms with Gasteiger partial charge in [-0.1, -0.05) is 12.1 Å². The van der Waals surface area contributed by atoms with Gasteiger partial charge in [-0.25, -0.2) is 9.79 Å². The number of carbonyl (C=O) groups excluding carboxylic acids is 1. The van der Waals surface area contributed by atoms with Gasteiger partial charge in [0, 0.05) is 6.08 Å². The highest BCUT2D eigenvalue weighted by atomic mass is 16.6. The van der Waals surface area contributed by atoms with Gasteiger partial charge in [-0.3, -0.25) is 0 Å². The van der Waals surface area contributed by atoms with Crippen molar-refractivity contribution in [3.05, 3.63) is 59.7 Å². The molecule has 5 heteroatoms. The number of furan rings is 1. The second-order valence-corrected chi connectivity index (χ2v) is 4.28. The maximum atomic E-state index is 11.9. The lowest BCUT2D eigenvalue weighted by Gasteiger charge is -2.08. The first-order valence-corrected chi connectivity index (χ1v) is 6.56. The van der Waals surface area contributed by atoms with E-state index in [1.807, 2.05) is 25.1 Å². The molecule has 21 heavy (non-hydrogen) atoms. The van der Waals surface area contributed by atoms with Crippen molar-refractivity contribution in [1.82, 2.24) is 0 Å². The van der Waals surface area contributed by atoms with Crippen molar-refractivity contribution in [3.63, 3.8) is 0 Å². The van der Waals surface area contributed by atoms with Crippen molar-refractivity contribution < 1.29 is 18.7 Å². The molecular weight excluding hydrogens is 270 g/mol. The Kier molecular flexibility index (Phi) is 3.55. The van der Waals surface area contributed by atoms with Gasteiger partial charge in [0.1, 0.15) is 11.5 Å². The fourth-order valence-electron chi connectivity index (χ4n) is 1.96. The van der Waals surface area contributed by atoms with E-state index in [-0.39, 0.29) is 11.6 Å². The Morgan fingerprint density at radius 2 is 2.10 bits per heavy atom. The van der Waals surface area contributed by atoms with Crippen LogP contribution in [0.25, 0.3) is 6.08 Å². The lowest BCUT2D eigenvalue weighted by molar-refractivity contribution is -0.129. The quantitative estimate of drug-likeness (QED) is 0.639. The van der Waals surface area contributed by atoms with Crippen molar-refractivity contribution >= 4 is 17.9 Å². The Balaban J connectivity index is 1.96. The predicted octanol–water partition coefficient (Wildman–Crippen LogP) is 3.02. The Bertz CT molecular complexity index is 714. The molecule has 0 radical (unpaired) electrons. The normalized spacial score (nSPS) is 16.0. The van der Waals surface area contributed by atoms with E-state index in [1.54, 1.807) is 24.3 Å². The van der Waals surface area contributed by atoms with Crippen LogP contribution in [0.15, 0.2) is 57.8 Å². The van der Waals surface area contributed by atoms with E-state index in [0.717, 1.165) is 0 Å². The Hall–Kier alpha value is -2.82. The molecule has 1 aromatic heterocycles. The van der Waals surface area contributed by atoms with Crippen LogP contribution in [0.2, 0.25) is 0 Å². The third-order valence-corrected chi connectivity index (χ3v) is 2.86. The van der Waals surface area contributed by atoms with Crippen LogP contribution in [0.5, 0.6) is 5.75 Å². The SMILES string of the molecule is CCOc1ccccc1C1=N/C(=C\c2ccco2)C(=O)O1. The largest absolute Gasteiger partial charge is 0.493 e. The van der Waals surface area contributed by atoms with E-state index in [1.165, 1.54) is 6.26 Å². The second kappa shape index (κ2) is 5.66. The summed E-state index contributed by atoms with van der Waals surface area (Å²) in [5, 5.41) is 0. The third kappa shape index (κ3) is 2.72. The molecule has 2 heterocycles. The highest BCUT2D eigenvalue weighted by molar-refractivity contribution is 6.13. The zero-order valence-electron chi connectivity index (χ0n) is 11.4. The summed E-state index contributed by atoms with van der Waals surface area (Å²) in [6, 6.07) is 10.8. The second-order valence-electron chi connectivity index (χ2n) is 4.28. The summed E-state index contributed by atoms with van der Waals surface area (Å²) in [5.74, 6) is 0.908. The molecule has 0 bridgehead atoms. The first kappa shape index (κ1) is 13.2. The molecule has 0 unspecified atom stereocenters. The highest BCUT2D eigenvalue weighted by Crippen LogP contribution is 2.25. The van der Waals surface area contributed by atoms with E-state index < -0.39 is 5.97 Å². The summed E-state index contributed by atoms with van der Waals surface area (Å²) in [7, 11) is 0. The summed E-state index contributed by atoms with van der Waals surface area (Å²) in [5.41, 5.74) is 0.849. The molecule has 0 saturated carbocycles. The molecule has 106 valence electrons. The minimum Gasteiger partial charge on any atom is -0.493 e. The summed E-state index contributed by atoms with van der Waals surface area (Å²) in [4.78, 5) is 16.1. The van der Waals surface area contributed by atoms with Gasteiger partial charge in [0.15, 0.2) is 5.70 Å². The molecule has 1 aromatic carbocycles. The summed E-state index contributed by atoms with van der Waals surface area (Å²) in [6.45, 7) is 2.41. The summed E-state index contributed by atoms with van der Waals surface area (Å²) < 4.78 is 15.9. The minimum absolute atomic E-state index is 0.200. The molecule has 5 nitrogen and oxygen atoms in total. The Morgan fingerprint density at radius 3 is 2.86 bits per heavy atom. The molecule has 0 spiro atoms. The number of esters is 1. The standard InChI is InChI=1S/C16H13NO4/c1-2-19-14-8-4-3-7-12(14)15-17-13(16(18)21-15)10-11-6-5-9-20-11/h3-10H,2H2,1H3/b13-10-. The van der Waals surface area contributed by atoms with Crippen LogP contribution in [0.4, 0.5) is 0 Å². The van der Waals surface area contributed by atoms with Crippen LogP contribution in [-0.2, 0) is 9.53 Å². The van der Waals surface area contributed by atoms with Gasteiger partial charge in [0.2, 0.25) is 5.90 Å². The number of nitrogens with zero attached hydrogens (tertiary/aromatic N) is 1. The van der Waals surface area contributed by atoms with Crippen LogP contribution >= 0.6 is 0 Å². The van der Waals surface area contributed by atoms with Crippen molar-refractivity contribution in [2.24, 2.45) is 4.99 Å². The average molecular weight is 283 g/mol. The van der Waals surface area contributed by atoms with E-state index in [9.17, 15) is 4.79 Å². The molecule has 3 rings (SSSR count). The molecule has 1 aliphatic heterocycles. The number of hydrogen-bond donors (Lipinski definition) is 0. The molecule has 0 saturated heterocycles. The fourth-order valence-corrected chi connectivity index (χ4v) is 1.96. The minimum atomic E-state index is -0.507. The number of ether oxygens (including phenoxy) is 2. The van der Waals surface area contributed by atoms with Crippen LogP contribution in [-0.4, -0.2) is 18.5 Å². The van der Waals surface area contributed by atoms with E-state index >= 15 is 0 Å². The number of hydrogen-bond acceptors (Lipinski definition) is 5. The van der Waals surface area contributed by atoms with Crippen LogP contribution in [0, 0.1) is 0 Å². The molecule has 0 amide bonds. The molecule has 0 aliphatic carbocycles. The number of para-hydroxylation sites is 1. The van der Waals surface area contributed by atoms with Crippen LogP contribution in [0.3, 0.4) is 0 Å². The lowest BCUT2D eigenvalue weighted by atomic mass is 10.2. The molecule has 0 fully saturated rings. The Labute approximate surface area is 121 Å². The predicted molar refractivity (Wildman–Crippen MR) is 76.9 cm³/mol. The van der Waals surface area contributed by atoms with E-state index in [4.69, 9.17) is 13.9 Å². The van der Waals surface area contributed by atoms with Crippen LogP contribution in [0.1, 0.15) is 18.2 Å². The lowest BCUT2D eigenvalue weighted by Crippen LogP contribution is -2.07. The average Bonchev–Trinajstić information content (AvgIpc) is 3.11. The van der Waals surface area contributed by atoms with Crippen LogP contribution < -0.4 is 4.74 Å². The summed E-state index contributed by atoms with van der Waals surface area (Å²) in [6.07, 6.45) is 3.07. The topological polar surface area (TPSA) is 61.0 Å². The maximum Gasteiger partial charge on any atom is 0.363 e. The van der Waals surface area contributed by atoms with E-state index in [2.05, 4.69) is 4.99 Å². The summed E-state index contributed by atoms with van der Waals surface area (Å²) >= 11 is 0. The number of carbonyl (C=O) groups is 1. The first-order chi connectivity index (χ1) is 10.3. The van der Waals surface area contributed by atoms with Crippen molar-refractivity contribution in [2.75, 3.05) is 6.61 Å². The first-order valence-electron chi connectivity index (χ1n) is 6.56. The number of benzene rings is 1. The van der Waals surface area contributed by atoms with Gasteiger partial charge < -0.3 is 13.9 Å². The van der Waals surface area contributed by atoms with Gasteiger partial charge in [-0.2, -0.15) is 0 Å². The number of cyclic esters (lactones) is 1.